The Morgan fingerprint density at radius 3 is 1.92 bits per heavy atom. The SMILES string of the molecule is CN(c1ccc(N=Nc2ccc3c(S(=O)(=O)O)cc(S(=O)(=O)O)cc3c2)cc1)c1nc(Cl)nc(Nc2cccc(S(=O)(=O)O)c2)n1.[Na].[Na].[Na]. The molecule has 4 N–H and O–H groups in total. The van der Waals surface area contributed by atoms with Crippen LogP contribution in [0.15, 0.2) is 104 Å². The van der Waals surface area contributed by atoms with Gasteiger partial charge in [0.15, 0.2) is 0 Å². The number of nitrogens with one attached hydrogen (secondary N) is 1. The van der Waals surface area contributed by atoms with Crippen LogP contribution in [0.2, 0.25) is 5.28 Å². The van der Waals surface area contributed by atoms with Gasteiger partial charge in [0.1, 0.15) is 4.90 Å². The van der Waals surface area contributed by atoms with Crippen molar-refractivity contribution < 1.29 is 38.9 Å². The minimum atomic E-state index is -4.82. The summed E-state index contributed by atoms with van der Waals surface area (Å²) < 4.78 is 98.1. The summed E-state index contributed by atoms with van der Waals surface area (Å²) in [5, 5.41) is 11.0. The first kappa shape index (κ1) is 43.5. The number of hydrogen-bond donors (Lipinski definition) is 4. The first-order valence-electron chi connectivity index (χ1n) is 12.5. The third-order valence-electron chi connectivity index (χ3n) is 6.25. The van der Waals surface area contributed by atoms with Crippen LogP contribution in [-0.2, 0) is 30.4 Å². The van der Waals surface area contributed by atoms with E-state index in [9.17, 15) is 38.9 Å². The van der Waals surface area contributed by atoms with E-state index in [1.807, 2.05) is 0 Å². The fourth-order valence-electron chi connectivity index (χ4n) is 4.10. The zero-order valence-corrected chi connectivity index (χ0v) is 35.3. The van der Waals surface area contributed by atoms with Gasteiger partial charge >= 0.3 is 0 Å². The molecule has 0 unspecified atom stereocenters. The van der Waals surface area contributed by atoms with Crippen LogP contribution in [0, 0.1) is 0 Å². The molecule has 49 heavy (non-hydrogen) atoms. The van der Waals surface area contributed by atoms with Gasteiger partial charge in [-0.05, 0) is 83.7 Å². The molecule has 23 heteroatoms. The molecule has 0 spiro atoms. The Morgan fingerprint density at radius 2 is 1.31 bits per heavy atom. The maximum atomic E-state index is 11.8. The fourth-order valence-corrected chi connectivity index (χ4v) is 6.14. The van der Waals surface area contributed by atoms with E-state index in [2.05, 4.69) is 30.5 Å². The van der Waals surface area contributed by atoms with Crippen molar-refractivity contribution >= 4 is 176 Å². The summed E-state index contributed by atoms with van der Waals surface area (Å²) in [5.41, 5.74) is 1.48. The monoisotopic (exact) mass is 774 g/mol. The quantitative estimate of drug-likeness (QED) is 0.0932. The molecule has 0 aliphatic rings. The van der Waals surface area contributed by atoms with Gasteiger partial charge in [-0.15, -0.1) is 0 Å². The average molecular weight is 775 g/mol. The number of benzene rings is 4. The molecule has 4 aromatic carbocycles. The number of fused-ring (bicyclic) bond motifs is 1. The summed E-state index contributed by atoms with van der Waals surface area (Å²) in [5.74, 6) is 0.134. The fraction of sp³-hybridized carbons (Fsp3) is 0.0385. The van der Waals surface area contributed by atoms with Crippen molar-refractivity contribution in [2.45, 2.75) is 14.7 Å². The standard InChI is InChI=1S/C26H20ClN7O9S3.3Na/c1-34(26-30-24(27)29-25(31-26)28-17-3-2-4-20(13-17)44(35,36)37)19-8-5-16(6-9-19)32-33-18-7-10-22-15(11-18)12-21(45(38,39)40)14-23(22)46(41,42)43;;;/h2-14H,1H3,(H,35,36,37)(H,38,39,40)(H,41,42,43)(H,28,29,30,31);;;. The molecular weight excluding hydrogens is 755 g/mol. The molecule has 241 valence electrons. The second-order valence-corrected chi connectivity index (χ2v) is 14.0. The van der Waals surface area contributed by atoms with Gasteiger partial charge in [0.05, 0.1) is 21.2 Å². The molecule has 1 aromatic heterocycles. The summed E-state index contributed by atoms with van der Waals surface area (Å²) in [6.07, 6.45) is 0. The van der Waals surface area contributed by atoms with Gasteiger partial charge < -0.3 is 10.2 Å². The number of hydrogen-bond acceptors (Lipinski definition) is 13. The molecule has 0 bridgehead atoms. The van der Waals surface area contributed by atoms with Gasteiger partial charge in [0, 0.05) is 112 Å². The topological polar surface area (TPSA) is 242 Å². The van der Waals surface area contributed by atoms with E-state index in [4.69, 9.17) is 11.6 Å². The van der Waals surface area contributed by atoms with Crippen LogP contribution in [0.5, 0.6) is 0 Å². The van der Waals surface area contributed by atoms with E-state index in [1.54, 1.807) is 36.2 Å². The Balaban J connectivity index is 0.00000278. The number of azo groups is 1. The minimum absolute atomic E-state index is 0. The Kier molecular flexibility index (Phi) is 15.3. The number of halogens is 1. The van der Waals surface area contributed by atoms with Crippen molar-refractivity contribution in [3.8, 4) is 0 Å². The summed E-state index contributed by atoms with van der Waals surface area (Å²) in [6, 6.07) is 17.7. The van der Waals surface area contributed by atoms with Gasteiger partial charge in [0.25, 0.3) is 30.4 Å². The molecule has 0 atom stereocenters. The van der Waals surface area contributed by atoms with Crippen molar-refractivity contribution in [2.24, 2.45) is 10.2 Å². The normalized spacial score (nSPS) is 11.7. The maximum absolute atomic E-state index is 11.8. The first-order valence-corrected chi connectivity index (χ1v) is 17.2. The maximum Gasteiger partial charge on any atom is 0.295 e. The molecule has 0 aliphatic carbocycles. The van der Waals surface area contributed by atoms with Crippen molar-refractivity contribution in [1.29, 1.82) is 0 Å². The van der Waals surface area contributed by atoms with Gasteiger partial charge in [-0.2, -0.15) is 50.4 Å². The number of anilines is 4. The van der Waals surface area contributed by atoms with Gasteiger partial charge in [0.2, 0.25) is 17.2 Å². The molecular formula is C26H20ClN7Na3O9S3. The van der Waals surface area contributed by atoms with Crippen molar-refractivity contribution in [2.75, 3.05) is 17.3 Å². The van der Waals surface area contributed by atoms with Gasteiger partial charge in [-0.3, -0.25) is 13.7 Å². The van der Waals surface area contributed by atoms with Crippen LogP contribution >= 0.6 is 11.6 Å². The summed E-state index contributed by atoms with van der Waals surface area (Å²) in [4.78, 5) is 12.3. The zero-order chi connectivity index (χ0) is 33.4. The van der Waals surface area contributed by atoms with Crippen LogP contribution in [0.3, 0.4) is 0 Å². The third kappa shape index (κ3) is 11.2. The van der Waals surface area contributed by atoms with Crippen molar-refractivity contribution in [3.05, 3.63) is 84.1 Å². The van der Waals surface area contributed by atoms with Crippen molar-refractivity contribution in [1.82, 2.24) is 15.0 Å². The molecule has 0 aliphatic heterocycles. The third-order valence-corrected chi connectivity index (χ3v) is 8.99. The molecule has 5 aromatic rings. The predicted octanol–water partition coefficient (Wildman–Crippen LogP) is 4.20. The van der Waals surface area contributed by atoms with Crippen LogP contribution < -0.4 is 10.2 Å². The molecule has 0 saturated carbocycles. The molecule has 0 amide bonds. The summed E-state index contributed by atoms with van der Waals surface area (Å²) in [7, 11) is -12.4. The van der Waals surface area contributed by atoms with Crippen LogP contribution in [-0.4, -0.2) is 150 Å². The molecule has 0 saturated heterocycles. The Hall–Kier alpha value is -1.63. The predicted molar refractivity (Wildman–Crippen MR) is 184 cm³/mol. The molecule has 16 nitrogen and oxygen atoms in total. The Bertz CT molecular complexity index is 2370. The van der Waals surface area contributed by atoms with Crippen LogP contribution in [0.1, 0.15) is 0 Å². The number of aromatic nitrogens is 3. The smallest absolute Gasteiger partial charge is 0.295 e. The van der Waals surface area contributed by atoms with E-state index >= 15 is 0 Å². The Morgan fingerprint density at radius 1 is 0.694 bits per heavy atom. The molecule has 0 fully saturated rings. The van der Waals surface area contributed by atoms with E-state index in [0.29, 0.717) is 17.4 Å². The van der Waals surface area contributed by atoms with E-state index in [1.165, 1.54) is 42.5 Å². The summed E-state index contributed by atoms with van der Waals surface area (Å²) >= 11 is 6.10. The van der Waals surface area contributed by atoms with E-state index < -0.39 is 40.1 Å². The number of nitrogens with zero attached hydrogens (tertiary/aromatic N) is 6. The van der Waals surface area contributed by atoms with Gasteiger partial charge in [-0.25, -0.2) is 0 Å². The first-order chi connectivity index (χ1) is 21.5. The largest absolute Gasteiger partial charge is 0.324 e. The Labute approximate surface area is 351 Å². The van der Waals surface area contributed by atoms with Crippen molar-refractivity contribution in [3.63, 3.8) is 0 Å². The zero-order valence-electron chi connectivity index (χ0n) is 26.1. The van der Waals surface area contributed by atoms with Crippen LogP contribution in [0.4, 0.5) is 34.6 Å². The number of rotatable bonds is 9. The second kappa shape index (κ2) is 17.3. The van der Waals surface area contributed by atoms with E-state index in [0.717, 1.165) is 6.07 Å². The average Bonchev–Trinajstić information content (AvgIpc) is 2.97. The van der Waals surface area contributed by atoms with Crippen LogP contribution in [0.25, 0.3) is 10.8 Å². The minimum Gasteiger partial charge on any atom is -0.324 e. The molecule has 1 heterocycles. The summed E-state index contributed by atoms with van der Waals surface area (Å²) in [6.45, 7) is 0. The second-order valence-electron chi connectivity index (χ2n) is 9.41. The molecule has 5 rings (SSSR count). The molecule has 3 radical (unpaired) electrons. The van der Waals surface area contributed by atoms with E-state index in [-0.39, 0.29) is 133 Å². The van der Waals surface area contributed by atoms with Gasteiger partial charge in [-0.1, -0.05) is 12.1 Å².